The molecule has 2 aromatic carbocycles. The van der Waals surface area contributed by atoms with Crippen LogP contribution in [0.1, 0.15) is 23.2 Å². The number of esters is 1. The molecule has 1 fully saturated rings. The molecule has 1 saturated carbocycles. The molecule has 1 N–H and O–H groups in total. The van der Waals surface area contributed by atoms with Crippen LogP contribution in [0.2, 0.25) is 0 Å². The molecule has 0 atom stereocenters. The summed E-state index contributed by atoms with van der Waals surface area (Å²) in [6.07, 6.45) is 1.89. The highest BCUT2D eigenvalue weighted by Crippen LogP contribution is 2.30. The van der Waals surface area contributed by atoms with Crippen LogP contribution in [0.5, 0.6) is 5.75 Å². The van der Waals surface area contributed by atoms with Crippen molar-refractivity contribution in [2.45, 2.75) is 12.8 Å². The van der Waals surface area contributed by atoms with E-state index in [9.17, 15) is 9.59 Å². The summed E-state index contributed by atoms with van der Waals surface area (Å²) in [4.78, 5) is 23.8. The average molecular weight is 281 g/mol. The second kappa shape index (κ2) is 5.79. The van der Waals surface area contributed by atoms with E-state index in [1.54, 1.807) is 48.5 Å². The van der Waals surface area contributed by atoms with E-state index < -0.39 is 5.97 Å². The van der Waals surface area contributed by atoms with Crippen molar-refractivity contribution in [1.82, 2.24) is 0 Å². The van der Waals surface area contributed by atoms with E-state index >= 15 is 0 Å². The van der Waals surface area contributed by atoms with Gasteiger partial charge in [-0.1, -0.05) is 24.3 Å². The molecule has 0 aromatic heterocycles. The molecule has 4 nitrogen and oxygen atoms in total. The van der Waals surface area contributed by atoms with Crippen LogP contribution in [0.3, 0.4) is 0 Å². The van der Waals surface area contributed by atoms with Gasteiger partial charge in [-0.15, -0.1) is 0 Å². The van der Waals surface area contributed by atoms with Crippen molar-refractivity contribution in [3.63, 3.8) is 0 Å². The van der Waals surface area contributed by atoms with Crippen LogP contribution < -0.4 is 10.1 Å². The van der Waals surface area contributed by atoms with Crippen molar-refractivity contribution < 1.29 is 14.3 Å². The first-order chi connectivity index (χ1) is 10.2. The van der Waals surface area contributed by atoms with E-state index in [0.29, 0.717) is 17.0 Å². The number of carbonyl (C=O) groups is 2. The van der Waals surface area contributed by atoms with Crippen LogP contribution in [0.4, 0.5) is 5.69 Å². The van der Waals surface area contributed by atoms with Crippen LogP contribution in [-0.2, 0) is 4.79 Å². The molecule has 1 aliphatic rings. The summed E-state index contributed by atoms with van der Waals surface area (Å²) in [6.45, 7) is 0. The monoisotopic (exact) mass is 281 g/mol. The molecule has 0 saturated heterocycles. The maximum Gasteiger partial charge on any atom is 0.343 e. The smallest absolute Gasteiger partial charge is 0.343 e. The second-order valence-electron chi connectivity index (χ2n) is 5.05. The Kier molecular flexibility index (Phi) is 3.69. The van der Waals surface area contributed by atoms with Gasteiger partial charge >= 0.3 is 5.97 Å². The Hall–Kier alpha value is -2.62. The Morgan fingerprint density at radius 1 is 1.00 bits per heavy atom. The third kappa shape index (κ3) is 3.48. The summed E-state index contributed by atoms with van der Waals surface area (Å²) in [5.74, 6) is 0.201. The third-order valence-corrected chi connectivity index (χ3v) is 3.27. The Morgan fingerprint density at radius 3 is 2.48 bits per heavy atom. The van der Waals surface area contributed by atoms with E-state index in [1.165, 1.54) is 0 Å². The minimum absolute atomic E-state index is 0.0172. The number of para-hydroxylation sites is 1. The zero-order valence-electron chi connectivity index (χ0n) is 11.4. The molecule has 4 heteroatoms. The molecule has 106 valence electrons. The lowest BCUT2D eigenvalue weighted by Crippen LogP contribution is -2.14. The van der Waals surface area contributed by atoms with Crippen molar-refractivity contribution >= 4 is 17.6 Å². The quantitative estimate of drug-likeness (QED) is 0.691. The van der Waals surface area contributed by atoms with Gasteiger partial charge in [0.15, 0.2) is 0 Å². The van der Waals surface area contributed by atoms with Gasteiger partial charge in [-0.25, -0.2) is 4.79 Å². The van der Waals surface area contributed by atoms with Gasteiger partial charge in [0.1, 0.15) is 5.75 Å². The molecule has 0 spiro atoms. The van der Waals surface area contributed by atoms with Crippen molar-refractivity contribution in [2.75, 3.05) is 5.32 Å². The van der Waals surface area contributed by atoms with E-state index in [0.717, 1.165) is 12.8 Å². The van der Waals surface area contributed by atoms with E-state index in [4.69, 9.17) is 4.74 Å². The first-order valence-electron chi connectivity index (χ1n) is 6.90. The van der Waals surface area contributed by atoms with Gasteiger partial charge in [0.25, 0.3) is 0 Å². The number of hydrogen-bond acceptors (Lipinski definition) is 3. The number of anilines is 1. The van der Waals surface area contributed by atoms with Crippen molar-refractivity contribution in [3.8, 4) is 5.75 Å². The summed E-state index contributed by atoms with van der Waals surface area (Å²) in [6, 6.07) is 15.7. The van der Waals surface area contributed by atoms with E-state index in [1.807, 2.05) is 6.07 Å². The molecule has 21 heavy (non-hydrogen) atoms. The summed E-state index contributed by atoms with van der Waals surface area (Å²) in [5.41, 5.74) is 1.03. The predicted molar refractivity (Wildman–Crippen MR) is 79.2 cm³/mol. The highest BCUT2D eigenvalue weighted by atomic mass is 16.5. The van der Waals surface area contributed by atoms with Gasteiger partial charge in [-0.2, -0.15) is 0 Å². The molecule has 0 unspecified atom stereocenters. The number of carbonyl (C=O) groups excluding carboxylic acids is 2. The van der Waals surface area contributed by atoms with Gasteiger partial charge in [0, 0.05) is 11.6 Å². The Bertz CT molecular complexity index is 663. The largest absolute Gasteiger partial charge is 0.423 e. The fourth-order valence-corrected chi connectivity index (χ4v) is 1.97. The van der Waals surface area contributed by atoms with Crippen LogP contribution in [0.25, 0.3) is 0 Å². The summed E-state index contributed by atoms with van der Waals surface area (Å²) < 4.78 is 5.27. The van der Waals surface area contributed by atoms with Gasteiger partial charge < -0.3 is 10.1 Å². The first kappa shape index (κ1) is 13.4. The SMILES string of the molecule is O=C(Oc1ccccc1)c1cccc(NC(=O)C2CC2)c1. The standard InChI is InChI=1S/C17H15NO3/c19-16(12-9-10-12)18-14-6-4-5-13(11-14)17(20)21-15-7-2-1-3-8-15/h1-8,11-12H,9-10H2,(H,18,19). The first-order valence-corrected chi connectivity index (χ1v) is 6.90. The van der Waals surface area contributed by atoms with E-state index in [-0.39, 0.29) is 11.8 Å². The molecule has 1 aliphatic carbocycles. The number of amides is 1. The summed E-state index contributed by atoms with van der Waals surface area (Å²) >= 11 is 0. The predicted octanol–water partition coefficient (Wildman–Crippen LogP) is 3.25. The molecule has 0 aliphatic heterocycles. The Morgan fingerprint density at radius 2 is 1.76 bits per heavy atom. The van der Waals surface area contributed by atoms with Gasteiger partial charge in [-0.3, -0.25) is 4.79 Å². The fourth-order valence-electron chi connectivity index (χ4n) is 1.97. The van der Waals surface area contributed by atoms with Gasteiger partial charge in [-0.05, 0) is 43.2 Å². The van der Waals surface area contributed by atoms with Crippen molar-refractivity contribution in [2.24, 2.45) is 5.92 Å². The molecule has 2 aromatic rings. The highest BCUT2D eigenvalue weighted by molar-refractivity contribution is 5.96. The molecule has 0 heterocycles. The van der Waals surface area contributed by atoms with Crippen LogP contribution in [-0.4, -0.2) is 11.9 Å². The lowest BCUT2D eigenvalue weighted by molar-refractivity contribution is -0.117. The fraction of sp³-hybridized carbons (Fsp3) is 0.176. The van der Waals surface area contributed by atoms with Crippen LogP contribution >= 0.6 is 0 Å². The summed E-state index contributed by atoms with van der Waals surface area (Å²) in [5, 5.41) is 2.82. The Balaban J connectivity index is 1.69. The van der Waals surface area contributed by atoms with Gasteiger partial charge in [0.05, 0.1) is 5.56 Å². The minimum atomic E-state index is -0.441. The third-order valence-electron chi connectivity index (χ3n) is 3.27. The molecule has 0 bridgehead atoms. The number of benzene rings is 2. The molecule has 3 rings (SSSR count). The minimum Gasteiger partial charge on any atom is -0.423 e. The van der Waals surface area contributed by atoms with E-state index in [2.05, 4.69) is 5.32 Å². The number of nitrogens with one attached hydrogen (secondary N) is 1. The summed E-state index contributed by atoms with van der Waals surface area (Å²) in [7, 11) is 0. The Labute approximate surface area is 122 Å². The molecule has 1 amide bonds. The molecular formula is C17H15NO3. The zero-order chi connectivity index (χ0) is 14.7. The average Bonchev–Trinajstić information content (AvgIpc) is 3.33. The van der Waals surface area contributed by atoms with Crippen molar-refractivity contribution in [3.05, 3.63) is 60.2 Å². The number of ether oxygens (including phenoxy) is 1. The number of hydrogen-bond donors (Lipinski definition) is 1. The maximum atomic E-state index is 12.1. The lowest BCUT2D eigenvalue weighted by atomic mass is 10.2. The normalized spacial score (nSPS) is 13.5. The lowest BCUT2D eigenvalue weighted by Gasteiger charge is -2.07. The van der Waals surface area contributed by atoms with Crippen LogP contribution in [0.15, 0.2) is 54.6 Å². The molecular weight excluding hydrogens is 266 g/mol. The highest BCUT2D eigenvalue weighted by Gasteiger charge is 2.29. The second-order valence-corrected chi connectivity index (χ2v) is 5.05. The van der Waals surface area contributed by atoms with Crippen molar-refractivity contribution in [1.29, 1.82) is 0 Å². The van der Waals surface area contributed by atoms with Crippen LogP contribution in [0, 0.1) is 5.92 Å². The topological polar surface area (TPSA) is 55.4 Å². The van der Waals surface area contributed by atoms with Gasteiger partial charge in [0.2, 0.25) is 5.91 Å². The zero-order valence-corrected chi connectivity index (χ0v) is 11.4. The number of rotatable bonds is 4. The maximum absolute atomic E-state index is 12.1. The molecule has 0 radical (unpaired) electrons.